The highest BCUT2D eigenvalue weighted by atomic mass is 35.5. The average molecular weight is 434 g/mol. The van der Waals surface area contributed by atoms with Crippen molar-refractivity contribution in [1.29, 1.82) is 0 Å². The third-order valence-corrected chi connectivity index (χ3v) is 4.29. The summed E-state index contributed by atoms with van der Waals surface area (Å²) >= 11 is 6.02. The zero-order valence-electron chi connectivity index (χ0n) is 16.1. The van der Waals surface area contributed by atoms with E-state index in [9.17, 15) is 19.7 Å². The second kappa shape index (κ2) is 8.37. The van der Waals surface area contributed by atoms with Crippen molar-refractivity contribution in [2.24, 2.45) is 5.10 Å². The number of ether oxygens (including phenoxy) is 3. The Kier molecular flexibility index (Phi) is 5.88. The van der Waals surface area contributed by atoms with E-state index in [1.165, 1.54) is 20.1 Å². The van der Waals surface area contributed by atoms with E-state index in [2.05, 4.69) is 5.10 Å². The topological polar surface area (TPSA) is 121 Å². The lowest BCUT2D eigenvalue weighted by Gasteiger charge is -2.19. The van der Waals surface area contributed by atoms with Gasteiger partial charge in [0.15, 0.2) is 0 Å². The lowest BCUT2D eigenvalue weighted by atomic mass is 10.1. The summed E-state index contributed by atoms with van der Waals surface area (Å²) in [6.07, 6.45) is -0.938. The van der Waals surface area contributed by atoms with E-state index in [-0.39, 0.29) is 22.2 Å². The van der Waals surface area contributed by atoms with Gasteiger partial charge in [-0.05, 0) is 30.3 Å². The van der Waals surface area contributed by atoms with E-state index in [1.54, 1.807) is 24.3 Å². The molecule has 0 spiro atoms. The highest BCUT2D eigenvalue weighted by Crippen LogP contribution is 2.39. The first-order valence-corrected chi connectivity index (χ1v) is 8.94. The molecule has 0 radical (unpaired) electrons. The maximum absolute atomic E-state index is 12.1. The van der Waals surface area contributed by atoms with Crippen LogP contribution in [0.25, 0.3) is 0 Å². The van der Waals surface area contributed by atoms with Crippen LogP contribution in [0.1, 0.15) is 31.2 Å². The number of hydrazone groups is 1. The van der Waals surface area contributed by atoms with Crippen LogP contribution in [-0.2, 0) is 14.3 Å². The van der Waals surface area contributed by atoms with Gasteiger partial charge in [0, 0.05) is 30.5 Å². The fraction of sp³-hybridized carbons (Fsp3) is 0.211. The van der Waals surface area contributed by atoms with Crippen LogP contribution < -0.4 is 9.47 Å². The Morgan fingerprint density at radius 1 is 1.23 bits per heavy atom. The molecule has 0 bridgehead atoms. The number of carbonyl (C=O) groups excluding carboxylic acids is 2. The van der Waals surface area contributed by atoms with Gasteiger partial charge in [0.1, 0.15) is 5.75 Å². The Balaban J connectivity index is 2.08. The average Bonchev–Trinajstić information content (AvgIpc) is 3.14. The fourth-order valence-electron chi connectivity index (χ4n) is 2.78. The minimum atomic E-state index is -0.938. The van der Waals surface area contributed by atoms with Crippen molar-refractivity contribution in [2.45, 2.75) is 20.1 Å². The van der Waals surface area contributed by atoms with Crippen LogP contribution in [0, 0.1) is 10.1 Å². The highest BCUT2D eigenvalue weighted by Gasteiger charge is 2.36. The Labute approximate surface area is 175 Å². The molecule has 1 aliphatic rings. The number of benzene rings is 2. The SMILES string of the molecule is COc1ccc([C@H]2OC(c3cc(Cl)cc([N+](=O)[O-])c3OC(C)=O)=NN2C(C)=O)cc1. The molecule has 1 aliphatic heterocycles. The molecule has 2 aromatic carbocycles. The minimum absolute atomic E-state index is 0.00109. The first-order valence-electron chi connectivity index (χ1n) is 8.57. The zero-order valence-corrected chi connectivity index (χ0v) is 16.9. The number of nitro groups is 1. The van der Waals surface area contributed by atoms with E-state index in [4.69, 9.17) is 25.8 Å². The van der Waals surface area contributed by atoms with Crippen LogP contribution in [0.15, 0.2) is 41.5 Å². The van der Waals surface area contributed by atoms with Crippen molar-refractivity contribution in [2.75, 3.05) is 7.11 Å². The number of amides is 1. The Hall–Kier alpha value is -3.66. The van der Waals surface area contributed by atoms with Gasteiger partial charge in [-0.3, -0.25) is 19.7 Å². The van der Waals surface area contributed by atoms with Gasteiger partial charge in [0.25, 0.3) is 0 Å². The number of hydrogen-bond donors (Lipinski definition) is 0. The standard InChI is InChI=1S/C19H16ClN3O7/c1-10(24)22-19(12-4-6-14(28-3)7-5-12)30-18(21-22)15-8-13(20)9-16(23(26)27)17(15)29-11(2)25/h4-9,19H,1-3H3/t19-/m1/s1. The summed E-state index contributed by atoms with van der Waals surface area (Å²) in [6, 6.07) is 9.09. The van der Waals surface area contributed by atoms with E-state index in [1.807, 2.05) is 0 Å². The van der Waals surface area contributed by atoms with Crippen LogP contribution in [0.5, 0.6) is 11.5 Å². The van der Waals surface area contributed by atoms with Gasteiger partial charge in [-0.2, -0.15) is 5.01 Å². The predicted molar refractivity (Wildman–Crippen MR) is 105 cm³/mol. The second-order valence-electron chi connectivity index (χ2n) is 6.16. The summed E-state index contributed by atoms with van der Waals surface area (Å²) < 4.78 is 16.0. The summed E-state index contributed by atoms with van der Waals surface area (Å²) in [6.45, 7) is 2.39. The number of methoxy groups -OCH3 is 1. The number of nitro benzene ring substituents is 1. The van der Waals surface area contributed by atoms with Gasteiger partial charge < -0.3 is 14.2 Å². The molecule has 0 N–H and O–H groups in total. The van der Waals surface area contributed by atoms with Crippen LogP contribution in [-0.4, -0.2) is 34.8 Å². The lowest BCUT2D eigenvalue weighted by molar-refractivity contribution is -0.385. The molecule has 11 heteroatoms. The first kappa shape index (κ1) is 21.1. The van der Waals surface area contributed by atoms with Gasteiger partial charge in [0.2, 0.25) is 23.8 Å². The zero-order chi connectivity index (χ0) is 22.0. The summed E-state index contributed by atoms with van der Waals surface area (Å²) in [4.78, 5) is 34.3. The summed E-state index contributed by atoms with van der Waals surface area (Å²) in [5.74, 6) is -1.15. The van der Waals surface area contributed by atoms with Crippen molar-refractivity contribution in [3.63, 3.8) is 0 Å². The molecule has 2 aromatic rings. The quantitative estimate of drug-likeness (QED) is 0.306. The Bertz CT molecular complexity index is 1050. The van der Waals surface area contributed by atoms with Gasteiger partial charge in [-0.25, -0.2) is 0 Å². The third-order valence-electron chi connectivity index (χ3n) is 4.07. The molecular weight excluding hydrogens is 418 g/mol. The minimum Gasteiger partial charge on any atom is -0.497 e. The molecule has 1 atom stereocenters. The molecule has 30 heavy (non-hydrogen) atoms. The number of esters is 1. The van der Waals surface area contributed by atoms with E-state index >= 15 is 0 Å². The molecule has 0 saturated heterocycles. The van der Waals surface area contributed by atoms with Crippen molar-refractivity contribution in [1.82, 2.24) is 5.01 Å². The molecule has 3 rings (SSSR count). The van der Waals surface area contributed by atoms with Gasteiger partial charge in [0.05, 0.1) is 17.6 Å². The van der Waals surface area contributed by atoms with Crippen LogP contribution in [0.3, 0.4) is 0 Å². The van der Waals surface area contributed by atoms with Crippen molar-refractivity contribution in [3.8, 4) is 11.5 Å². The first-order chi connectivity index (χ1) is 14.2. The molecular formula is C19H16ClN3O7. The van der Waals surface area contributed by atoms with E-state index < -0.39 is 28.7 Å². The van der Waals surface area contributed by atoms with Crippen molar-refractivity contribution >= 4 is 35.1 Å². The number of nitrogens with zero attached hydrogens (tertiary/aromatic N) is 3. The largest absolute Gasteiger partial charge is 0.497 e. The number of halogens is 1. The van der Waals surface area contributed by atoms with Gasteiger partial charge >= 0.3 is 11.7 Å². The molecule has 1 heterocycles. The molecule has 0 fully saturated rings. The third kappa shape index (κ3) is 4.18. The molecule has 0 saturated carbocycles. The van der Waals surface area contributed by atoms with Gasteiger partial charge in [-0.1, -0.05) is 11.6 Å². The summed E-state index contributed by atoms with van der Waals surface area (Å²) in [5.41, 5.74) is 0.00301. The van der Waals surface area contributed by atoms with Crippen LogP contribution >= 0.6 is 11.6 Å². The van der Waals surface area contributed by atoms with E-state index in [0.717, 1.165) is 18.0 Å². The Morgan fingerprint density at radius 3 is 2.43 bits per heavy atom. The smallest absolute Gasteiger partial charge is 0.314 e. The second-order valence-corrected chi connectivity index (χ2v) is 6.60. The summed E-state index contributed by atoms with van der Waals surface area (Å²) in [7, 11) is 1.52. The normalized spacial score (nSPS) is 15.3. The monoisotopic (exact) mass is 433 g/mol. The molecule has 10 nitrogen and oxygen atoms in total. The van der Waals surface area contributed by atoms with E-state index in [0.29, 0.717) is 11.3 Å². The highest BCUT2D eigenvalue weighted by molar-refractivity contribution is 6.31. The molecule has 156 valence electrons. The molecule has 1 amide bonds. The van der Waals surface area contributed by atoms with Gasteiger partial charge in [-0.15, -0.1) is 5.10 Å². The predicted octanol–water partition coefficient (Wildman–Crippen LogP) is 3.42. The van der Waals surface area contributed by atoms with Crippen molar-refractivity contribution in [3.05, 3.63) is 62.7 Å². The Morgan fingerprint density at radius 2 is 1.90 bits per heavy atom. The summed E-state index contributed by atoms with van der Waals surface area (Å²) in [5, 5.41) is 16.7. The fourth-order valence-corrected chi connectivity index (χ4v) is 3.00. The van der Waals surface area contributed by atoms with Crippen LogP contribution in [0.2, 0.25) is 5.02 Å². The number of carbonyl (C=O) groups is 2. The van der Waals surface area contributed by atoms with Crippen LogP contribution in [0.4, 0.5) is 5.69 Å². The maximum atomic E-state index is 12.1. The molecule has 0 aliphatic carbocycles. The molecule has 0 aromatic heterocycles. The number of rotatable bonds is 5. The maximum Gasteiger partial charge on any atom is 0.314 e. The number of hydrogen-bond acceptors (Lipinski definition) is 8. The molecule has 0 unspecified atom stereocenters. The van der Waals surface area contributed by atoms with Crippen molar-refractivity contribution < 1.29 is 28.7 Å². The lowest BCUT2D eigenvalue weighted by Crippen LogP contribution is -2.25.